The Morgan fingerprint density at radius 2 is 1.97 bits per heavy atom. The lowest BCUT2D eigenvalue weighted by molar-refractivity contribution is -0.137. The lowest BCUT2D eigenvalue weighted by Gasteiger charge is -2.16. The number of carbonyl (C=O) groups excluding carboxylic acids is 1. The Balaban J connectivity index is 1.42. The lowest BCUT2D eigenvalue weighted by atomic mass is 10.1. The molecule has 0 saturated carbocycles. The maximum atomic E-state index is 12.9. The Morgan fingerprint density at radius 1 is 1.17 bits per heavy atom. The first kappa shape index (κ1) is 20.3. The monoisotopic (exact) mass is 432 g/mol. The highest BCUT2D eigenvalue weighted by atomic mass is 32.1. The summed E-state index contributed by atoms with van der Waals surface area (Å²) in [6.45, 7) is 2.29. The molecule has 1 aromatic carbocycles. The minimum atomic E-state index is -4.42. The standard InChI is InChI=1S/C21H19F3N4OS/c22-21(23,24)16-5-3-4-15(11-16)20-27-17(13-30-20)19(29)26-12-14-6-7-25-18(10-14)28-8-1-2-9-28/h3-7,10-11,13H,1-2,8-9,12H2,(H,26,29). The van der Waals surface area contributed by atoms with Crippen molar-refractivity contribution in [1.29, 1.82) is 0 Å². The first-order valence-corrected chi connectivity index (χ1v) is 10.4. The third kappa shape index (κ3) is 4.62. The highest BCUT2D eigenvalue weighted by Crippen LogP contribution is 2.33. The summed E-state index contributed by atoms with van der Waals surface area (Å²) < 4.78 is 38.8. The summed E-state index contributed by atoms with van der Waals surface area (Å²) in [6, 6.07) is 8.73. The van der Waals surface area contributed by atoms with Crippen molar-refractivity contribution in [3.63, 3.8) is 0 Å². The summed E-state index contributed by atoms with van der Waals surface area (Å²) in [7, 11) is 0. The van der Waals surface area contributed by atoms with Gasteiger partial charge < -0.3 is 10.2 Å². The van der Waals surface area contributed by atoms with Gasteiger partial charge in [0.25, 0.3) is 5.91 Å². The predicted octanol–water partition coefficient (Wildman–Crippen LogP) is 4.75. The second kappa shape index (κ2) is 8.43. The molecule has 0 bridgehead atoms. The van der Waals surface area contributed by atoms with Crippen LogP contribution < -0.4 is 10.2 Å². The minimum absolute atomic E-state index is 0.182. The van der Waals surface area contributed by atoms with E-state index in [9.17, 15) is 18.0 Å². The Bertz CT molecular complexity index is 1040. The molecule has 9 heteroatoms. The first-order chi connectivity index (χ1) is 14.4. The van der Waals surface area contributed by atoms with Crippen LogP contribution in [0.3, 0.4) is 0 Å². The van der Waals surface area contributed by atoms with Crippen molar-refractivity contribution in [2.24, 2.45) is 0 Å². The smallest absolute Gasteiger partial charge is 0.357 e. The van der Waals surface area contributed by atoms with Gasteiger partial charge in [-0.2, -0.15) is 13.2 Å². The molecule has 3 aromatic rings. The average Bonchev–Trinajstić information content (AvgIpc) is 3.44. The van der Waals surface area contributed by atoms with Crippen molar-refractivity contribution in [3.8, 4) is 10.6 Å². The molecule has 4 rings (SSSR count). The van der Waals surface area contributed by atoms with Gasteiger partial charge in [-0.25, -0.2) is 9.97 Å². The summed E-state index contributed by atoms with van der Waals surface area (Å²) in [5, 5.41) is 4.73. The van der Waals surface area contributed by atoms with Crippen LogP contribution in [-0.4, -0.2) is 29.0 Å². The van der Waals surface area contributed by atoms with Gasteiger partial charge in [0.2, 0.25) is 0 Å². The fraction of sp³-hybridized carbons (Fsp3) is 0.286. The molecule has 1 saturated heterocycles. The van der Waals surface area contributed by atoms with Crippen LogP contribution in [0, 0.1) is 0 Å². The van der Waals surface area contributed by atoms with Crippen LogP contribution in [0.1, 0.15) is 34.5 Å². The number of hydrogen-bond donors (Lipinski definition) is 1. The fourth-order valence-corrected chi connectivity index (χ4v) is 4.10. The van der Waals surface area contributed by atoms with Gasteiger partial charge in [-0.3, -0.25) is 4.79 Å². The van der Waals surface area contributed by atoms with E-state index in [0.29, 0.717) is 17.1 Å². The van der Waals surface area contributed by atoms with Crippen molar-refractivity contribution in [1.82, 2.24) is 15.3 Å². The van der Waals surface area contributed by atoms with Gasteiger partial charge in [0.05, 0.1) is 5.56 Å². The largest absolute Gasteiger partial charge is 0.416 e. The van der Waals surface area contributed by atoms with Crippen molar-refractivity contribution >= 4 is 23.1 Å². The van der Waals surface area contributed by atoms with Crippen LogP contribution in [0.25, 0.3) is 10.6 Å². The summed E-state index contributed by atoms with van der Waals surface area (Å²) in [4.78, 5) is 23.3. The number of nitrogens with zero attached hydrogens (tertiary/aromatic N) is 3. The molecule has 0 aliphatic carbocycles. The normalized spacial score (nSPS) is 14.2. The van der Waals surface area contributed by atoms with Gasteiger partial charge in [-0.05, 0) is 42.7 Å². The number of aromatic nitrogens is 2. The summed E-state index contributed by atoms with van der Waals surface area (Å²) in [5.41, 5.74) is 0.695. The zero-order valence-electron chi connectivity index (χ0n) is 15.9. The maximum absolute atomic E-state index is 12.9. The van der Waals surface area contributed by atoms with E-state index < -0.39 is 11.7 Å². The number of rotatable bonds is 5. The Labute approximate surface area is 175 Å². The van der Waals surface area contributed by atoms with Crippen LogP contribution in [0.2, 0.25) is 0 Å². The minimum Gasteiger partial charge on any atom is -0.357 e. The van der Waals surface area contributed by atoms with Crippen molar-refractivity contribution < 1.29 is 18.0 Å². The van der Waals surface area contributed by atoms with E-state index in [1.54, 1.807) is 17.6 Å². The average molecular weight is 432 g/mol. The summed E-state index contributed by atoms with van der Waals surface area (Å²) in [5.74, 6) is 0.531. The molecule has 5 nitrogen and oxygen atoms in total. The van der Waals surface area contributed by atoms with E-state index in [1.807, 2.05) is 12.1 Å². The topological polar surface area (TPSA) is 58.1 Å². The molecule has 1 fully saturated rings. The Kier molecular flexibility index (Phi) is 5.72. The number of amides is 1. The first-order valence-electron chi connectivity index (χ1n) is 9.51. The van der Waals surface area contributed by atoms with Gasteiger partial charge in [0.15, 0.2) is 0 Å². The maximum Gasteiger partial charge on any atom is 0.416 e. The third-order valence-electron chi connectivity index (χ3n) is 4.87. The number of pyridine rings is 1. The van der Waals surface area contributed by atoms with Crippen LogP contribution in [0.5, 0.6) is 0 Å². The second-order valence-corrected chi connectivity index (χ2v) is 7.87. The quantitative estimate of drug-likeness (QED) is 0.632. The molecule has 0 unspecified atom stereocenters. The van der Waals surface area contributed by atoms with Gasteiger partial charge in [-0.15, -0.1) is 11.3 Å². The highest BCUT2D eigenvalue weighted by Gasteiger charge is 2.30. The molecule has 1 aliphatic heterocycles. The van der Waals surface area contributed by atoms with Crippen LogP contribution in [-0.2, 0) is 12.7 Å². The lowest BCUT2D eigenvalue weighted by Crippen LogP contribution is -2.24. The van der Waals surface area contributed by atoms with Gasteiger partial charge in [-0.1, -0.05) is 12.1 Å². The van der Waals surface area contributed by atoms with Gasteiger partial charge in [0, 0.05) is 36.8 Å². The van der Waals surface area contributed by atoms with Crippen molar-refractivity contribution in [2.75, 3.05) is 18.0 Å². The molecule has 30 heavy (non-hydrogen) atoms. The molecule has 2 aromatic heterocycles. The van der Waals surface area contributed by atoms with E-state index >= 15 is 0 Å². The molecule has 0 spiro atoms. The SMILES string of the molecule is O=C(NCc1ccnc(N2CCCC2)c1)c1csc(-c2cccc(C(F)(F)F)c2)n1. The number of hydrogen-bond acceptors (Lipinski definition) is 5. The number of thiazole rings is 1. The fourth-order valence-electron chi connectivity index (χ4n) is 3.30. The van der Waals surface area contributed by atoms with E-state index in [4.69, 9.17) is 0 Å². The van der Waals surface area contributed by atoms with E-state index in [1.165, 1.54) is 6.07 Å². The number of anilines is 1. The zero-order valence-corrected chi connectivity index (χ0v) is 16.8. The van der Waals surface area contributed by atoms with Gasteiger partial charge in [0.1, 0.15) is 16.5 Å². The second-order valence-electron chi connectivity index (χ2n) is 7.02. The molecule has 3 heterocycles. The molecule has 1 N–H and O–H groups in total. The predicted molar refractivity (Wildman–Crippen MR) is 109 cm³/mol. The van der Waals surface area contributed by atoms with E-state index in [-0.39, 0.29) is 11.6 Å². The molecule has 0 atom stereocenters. The van der Waals surface area contributed by atoms with Crippen LogP contribution in [0.4, 0.5) is 19.0 Å². The molecule has 0 radical (unpaired) electrons. The molecule has 1 amide bonds. The molecule has 156 valence electrons. The number of nitrogens with one attached hydrogen (secondary N) is 1. The van der Waals surface area contributed by atoms with Gasteiger partial charge >= 0.3 is 6.18 Å². The number of alkyl halides is 3. The van der Waals surface area contributed by atoms with Crippen molar-refractivity contribution in [2.45, 2.75) is 25.6 Å². The highest BCUT2D eigenvalue weighted by molar-refractivity contribution is 7.13. The molecular weight excluding hydrogens is 413 g/mol. The number of benzene rings is 1. The third-order valence-corrected chi connectivity index (χ3v) is 5.76. The van der Waals surface area contributed by atoms with Crippen LogP contribution in [0.15, 0.2) is 48.0 Å². The summed E-state index contributed by atoms with van der Waals surface area (Å²) in [6.07, 6.45) is -0.392. The Morgan fingerprint density at radius 3 is 2.73 bits per heavy atom. The molecular formula is C21H19F3N4OS. The number of carbonyl (C=O) groups is 1. The van der Waals surface area contributed by atoms with Crippen molar-refractivity contribution in [3.05, 3.63) is 64.8 Å². The Hall–Kier alpha value is -2.94. The van der Waals surface area contributed by atoms with E-state index in [0.717, 1.165) is 60.8 Å². The van der Waals surface area contributed by atoms with Crippen LogP contribution >= 0.6 is 11.3 Å². The summed E-state index contributed by atoms with van der Waals surface area (Å²) >= 11 is 1.14. The zero-order chi connectivity index (χ0) is 21.1. The van der Waals surface area contributed by atoms with E-state index in [2.05, 4.69) is 20.2 Å². The molecule has 1 aliphatic rings. The number of halogens is 3.